The number of nitrogens with zero attached hydrogens (tertiary/aromatic N) is 1. The van der Waals surface area contributed by atoms with Gasteiger partial charge in [-0.3, -0.25) is 4.79 Å². The molecule has 4 heteroatoms. The number of para-hydroxylation sites is 1. The first kappa shape index (κ1) is 17.3. The number of benzene rings is 2. The van der Waals surface area contributed by atoms with Crippen molar-refractivity contribution in [2.24, 2.45) is 0 Å². The van der Waals surface area contributed by atoms with Crippen molar-refractivity contribution in [3.8, 4) is 5.75 Å². The smallest absolute Gasteiger partial charge is 0.262 e. The zero-order valence-corrected chi connectivity index (χ0v) is 15.0. The van der Waals surface area contributed by atoms with Gasteiger partial charge in [0, 0.05) is 24.0 Å². The highest BCUT2D eigenvalue weighted by molar-refractivity contribution is 5.92. The van der Waals surface area contributed by atoms with E-state index >= 15 is 0 Å². The zero-order chi connectivity index (χ0) is 17.6. The molecule has 0 saturated carbocycles. The number of hydrogen-bond acceptors (Lipinski definition) is 3. The van der Waals surface area contributed by atoms with E-state index in [1.165, 1.54) is 24.9 Å². The van der Waals surface area contributed by atoms with Gasteiger partial charge in [-0.05, 0) is 69.0 Å². The maximum absolute atomic E-state index is 12.1. The van der Waals surface area contributed by atoms with Gasteiger partial charge >= 0.3 is 0 Å². The normalized spacial score (nSPS) is 17.2. The molecule has 0 bridgehead atoms. The lowest BCUT2D eigenvalue weighted by Gasteiger charge is -2.35. The van der Waals surface area contributed by atoms with Crippen molar-refractivity contribution < 1.29 is 9.53 Å². The minimum Gasteiger partial charge on any atom is -0.483 e. The number of hydrogen-bond donors (Lipinski definition) is 1. The zero-order valence-electron chi connectivity index (χ0n) is 15.0. The summed E-state index contributed by atoms with van der Waals surface area (Å²) in [5, 5.41) is 2.89. The van der Waals surface area contributed by atoms with Crippen LogP contribution in [0.4, 0.5) is 11.4 Å². The molecule has 1 atom stereocenters. The minimum atomic E-state index is -0.151. The van der Waals surface area contributed by atoms with E-state index in [9.17, 15) is 4.79 Å². The summed E-state index contributed by atoms with van der Waals surface area (Å²) in [4.78, 5) is 14.5. The first-order valence-corrected chi connectivity index (χ1v) is 8.98. The quantitative estimate of drug-likeness (QED) is 0.879. The van der Waals surface area contributed by atoms with E-state index in [1.54, 1.807) is 0 Å². The van der Waals surface area contributed by atoms with Crippen molar-refractivity contribution in [3.05, 3.63) is 54.1 Å². The highest BCUT2D eigenvalue weighted by Gasteiger charge is 2.18. The number of carbonyl (C=O) groups excluding carboxylic acids is 1. The number of nitrogens with one attached hydrogen (secondary N) is 1. The number of amides is 1. The SMILES string of the molecule is Cc1ccccc1OCC(=O)Nc1ccc(N2CCCC[C@H]2C)cc1. The van der Waals surface area contributed by atoms with Gasteiger partial charge in [0.05, 0.1) is 0 Å². The third kappa shape index (κ3) is 4.53. The molecule has 2 aromatic rings. The predicted molar refractivity (Wildman–Crippen MR) is 102 cm³/mol. The van der Waals surface area contributed by atoms with E-state index in [1.807, 2.05) is 43.3 Å². The second-order valence-electron chi connectivity index (χ2n) is 6.69. The van der Waals surface area contributed by atoms with Gasteiger partial charge in [0.15, 0.2) is 6.61 Å². The van der Waals surface area contributed by atoms with Crippen LogP contribution in [0.2, 0.25) is 0 Å². The van der Waals surface area contributed by atoms with Gasteiger partial charge in [-0.1, -0.05) is 18.2 Å². The van der Waals surface area contributed by atoms with Crippen LogP contribution in [0.1, 0.15) is 31.7 Å². The summed E-state index contributed by atoms with van der Waals surface area (Å²) < 4.78 is 5.58. The van der Waals surface area contributed by atoms with Crippen molar-refractivity contribution >= 4 is 17.3 Å². The Hall–Kier alpha value is -2.49. The summed E-state index contributed by atoms with van der Waals surface area (Å²) >= 11 is 0. The van der Waals surface area contributed by atoms with Crippen LogP contribution in [-0.4, -0.2) is 25.1 Å². The van der Waals surface area contributed by atoms with Crippen LogP contribution in [-0.2, 0) is 4.79 Å². The average Bonchev–Trinajstić information content (AvgIpc) is 2.62. The van der Waals surface area contributed by atoms with Crippen molar-refractivity contribution in [1.82, 2.24) is 0 Å². The van der Waals surface area contributed by atoms with Crippen molar-refractivity contribution in [2.45, 2.75) is 39.2 Å². The fourth-order valence-electron chi connectivity index (χ4n) is 3.28. The lowest BCUT2D eigenvalue weighted by Crippen LogP contribution is -2.37. The molecule has 1 fully saturated rings. The second kappa shape index (κ2) is 8.06. The van der Waals surface area contributed by atoms with E-state index in [0.717, 1.165) is 23.5 Å². The summed E-state index contributed by atoms with van der Waals surface area (Å²) in [5.41, 5.74) is 3.04. The van der Waals surface area contributed by atoms with Crippen LogP contribution < -0.4 is 15.0 Å². The fraction of sp³-hybridized carbons (Fsp3) is 0.381. The summed E-state index contributed by atoms with van der Waals surface area (Å²) in [6, 6.07) is 16.4. The van der Waals surface area contributed by atoms with Gasteiger partial charge in [0.2, 0.25) is 0 Å². The Bertz CT molecular complexity index is 712. The average molecular weight is 338 g/mol. The molecule has 0 aliphatic carbocycles. The number of carbonyl (C=O) groups is 1. The predicted octanol–water partition coefficient (Wildman–Crippen LogP) is 4.39. The largest absolute Gasteiger partial charge is 0.483 e. The highest BCUT2D eigenvalue weighted by Crippen LogP contribution is 2.25. The first-order chi connectivity index (χ1) is 12.1. The van der Waals surface area contributed by atoms with E-state index < -0.39 is 0 Å². The number of rotatable bonds is 5. The number of ether oxygens (including phenoxy) is 1. The fourth-order valence-corrected chi connectivity index (χ4v) is 3.28. The van der Waals surface area contributed by atoms with Crippen molar-refractivity contribution in [3.63, 3.8) is 0 Å². The molecule has 1 heterocycles. The van der Waals surface area contributed by atoms with Crippen molar-refractivity contribution in [1.29, 1.82) is 0 Å². The molecule has 0 spiro atoms. The van der Waals surface area contributed by atoms with Gasteiger partial charge in [-0.25, -0.2) is 0 Å². The molecule has 1 saturated heterocycles. The van der Waals surface area contributed by atoms with Gasteiger partial charge in [0.25, 0.3) is 5.91 Å². The summed E-state index contributed by atoms with van der Waals surface area (Å²) in [6.07, 6.45) is 3.81. The molecule has 1 aliphatic rings. The van der Waals surface area contributed by atoms with E-state index in [0.29, 0.717) is 6.04 Å². The van der Waals surface area contributed by atoms with E-state index in [4.69, 9.17) is 4.74 Å². The van der Waals surface area contributed by atoms with Crippen LogP contribution in [0.15, 0.2) is 48.5 Å². The van der Waals surface area contributed by atoms with Gasteiger partial charge in [0.1, 0.15) is 5.75 Å². The third-order valence-corrected chi connectivity index (χ3v) is 4.74. The van der Waals surface area contributed by atoms with E-state index in [-0.39, 0.29) is 12.5 Å². The molecule has 1 amide bonds. The van der Waals surface area contributed by atoms with Crippen LogP contribution in [0.5, 0.6) is 5.75 Å². The molecule has 25 heavy (non-hydrogen) atoms. The van der Waals surface area contributed by atoms with E-state index in [2.05, 4.69) is 29.3 Å². The Kier molecular flexibility index (Phi) is 5.59. The van der Waals surface area contributed by atoms with Crippen LogP contribution in [0, 0.1) is 6.92 Å². The molecule has 1 aliphatic heterocycles. The van der Waals surface area contributed by atoms with Crippen LogP contribution >= 0.6 is 0 Å². The standard InChI is InChI=1S/C21H26N2O2/c1-16-7-3-4-9-20(16)25-15-21(24)22-18-10-12-19(13-11-18)23-14-6-5-8-17(23)2/h3-4,7,9-13,17H,5-6,8,14-15H2,1-2H3,(H,22,24)/t17-/m1/s1. The number of anilines is 2. The maximum atomic E-state index is 12.1. The molecule has 3 rings (SSSR count). The van der Waals surface area contributed by atoms with Crippen molar-refractivity contribution in [2.75, 3.05) is 23.4 Å². The molecule has 1 N–H and O–H groups in total. The summed E-state index contributed by atoms with van der Waals surface area (Å²) in [6.45, 7) is 5.36. The summed E-state index contributed by atoms with van der Waals surface area (Å²) in [7, 11) is 0. The Morgan fingerprint density at radius 2 is 1.92 bits per heavy atom. The van der Waals surface area contributed by atoms with Crippen LogP contribution in [0.25, 0.3) is 0 Å². The Morgan fingerprint density at radius 3 is 2.64 bits per heavy atom. The number of piperidine rings is 1. The summed E-state index contributed by atoms with van der Waals surface area (Å²) in [5.74, 6) is 0.592. The molecule has 0 radical (unpaired) electrons. The van der Waals surface area contributed by atoms with Gasteiger partial charge in [-0.2, -0.15) is 0 Å². The number of aryl methyl sites for hydroxylation is 1. The lowest BCUT2D eigenvalue weighted by atomic mass is 10.0. The minimum absolute atomic E-state index is 0.00969. The molecular formula is C21H26N2O2. The molecule has 0 aromatic heterocycles. The molecule has 132 valence electrons. The maximum Gasteiger partial charge on any atom is 0.262 e. The molecule has 2 aromatic carbocycles. The monoisotopic (exact) mass is 338 g/mol. The second-order valence-corrected chi connectivity index (χ2v) is 6.69. The lowest BCUT2D eigenvalue weighted by molar-refractivity contribution is -0.118. The molecular weight excluding hydrogens is 312 g/mol. The Balaban J connectivity index is 1.54. The van der Waals surface area contributed by atoms with Crippen LogP contribution in [0.3, 0.4) is 0 Å². The third-order valence-electron chi connectivity index (χ3n) is 4.74. The Labute approximate surface area is 149 Å². The van der Waals surface area contributed by atoms with Gasteiger partial charge < -0.3 is 15.0 Å². The molecule has 0 unspecified atom stereocenters. The topological polar surface area (TPSA) is 41.6 Å². The first-order valence-electron chi connectivity index (χ1n) is 8.98. The highest BCUT2D eigenvalue weighted by atomic mass is 16.5. The molecule has 4 nitrogen and oxygen atoms in total. The Morgan fingerprint density at radius 1 is 1.16 bits per heavy atom. The van der Waals surface area contributed by atoms with Gasteiger partial charge in [-0.15, -0.1) is 0 Å².